The average Bonchev–Trinajstić information content (AvgIpc) is 2.75. The van der Waals surface area contributed by atoms with Gasteiger partial charge in [0.2, 0.25) is 0 Å². The Labute approximate surface area is 128 Å². The van der Waals surface area contributed by atoms with Crippen LogP contribution in [0.5, 0.6) is 0 Å². The minimum absolute atomic E-state index is 0.296. The number of hydrogen-bond acceptors (Lipinski definition) is 5. The highest BCUT2D eigenvalue weighted by molar-refractivity contribution is 7.17. The molecule has 0 radical (unpaired) electrons. The number of ether oxygens (including phenoxy) is 2. The molecule has 5 nitrogen and oxygen atoms in total. The summed E-state index contributed by atoms with van der Waals surface area (Å²) < 4.78 is 9.79. The molecule has 1 aromatic heterocycles. The second-order valence-electron chi connectivity index (χ2n) is 4.96. The van der Waals surface area contributed by atoms with E-state index in [1.807, 2.05) is 0 Å². The molecule has 0 unspecified atom stereocenters. The Morgan fingerprint density at radius 3 is 2.57 bits per heavy atom. The van der Waals surface area contributed by atoms with Crippen LogP contribution in [-0.2, 0) is 22.3 Å². The summed E-state index contributed by atoms with van der Waals surface area (Å²) in [6, 6.07) is 0. The molecule has 0 bridgehead atoms. The molecule has 21 heavy (non-hydrogen) atoms. The summed E-state index contributed by atoms with van der Waals surface area (Å²) in [6.07, 6.45) is 5.86. The normalized spacial score (nSPS) is 14.6. The Hall–Kier alpha value is -1.56. The number of nitrogens with one attached hydrogen (secondary N) is 1. The first-order chi connectivity index (χ1) is 10.2. The highest BCUT2D eigenvalue weighted by atomic mass is 32.1. The van der Waals surface area contributed by atoms with Crippen LogP contribution in [-0.4, -0.2) is 25.8 Å². The maximum atomic E-state index is 12.1. The first-order valence-electron chi connectivity index (χ1n) is 7.34. The third-order valence-corrected chi connectivity index (χ3v) is 4.76. The summed E-state index contributed by atoms with van der Waals surface area (Å²) >= 11 is 1.47. The van der Waals surface area contributed by atoms with E-state index in [4.69, 9.17) is 9.47 Å². The number of fused-ring (bicyclic) bond motifs is 1. The van der Waals surface area contributed by atoms with Crippen LogP contribution in [0.2, 0.25) is 0 Å². The summed E-state index contributed by atoms with van der Waals surface area (Å²) in [7, 11) is 1.36. The van der Waals surface area contributed by atoms with Gasteiger partial charge < -0.3 is 9.47 Å². The number of esters is 1. The Morgan fingerprint density at radius 2 is 1.90 bits per heavy atom. The largest absolute Gasteiger partial charge is 0.465 e. The lowest BCUT2D eigenvalue weighted by atomic mass is 9.96. The van der Waals surface area contributed by atoms with Crippen LogP contribution < -0.4 is 5.32 Å². The molecule has 1 N–H and O–H groups in total. The Morgan fingerprint density at radius 1 is 1.19 bits per heavy atom. The average molecular weight is 311 g/mol. The summed E-state index contributed by atoms with van der Waals surface area (Å²) in [6.45, 7) is 2.04. The molecular weight excluding hydrogens is 290 g/mol. The lowest BCUT2D eigenvalue weighted by molar-refractivity contribution is 0.0601. The van der Waals surface area contributed by atoms with Crippen LogP contribution in [0.3, 0.4) is 0 Å². The quantitative estimate of drug-likeness (QED) is 0.863. The molecule has 0 spiro atoms. The monoisotopic (exact) mass is 311 g/mol. The number of carbonyl (C=O) groups excluding carboxylic acids is 2. The van der Waals surface area contributed by atoms with Crippen molar-refractivity contribution in [3.8, 4) is 0 Å². The number of aryl methyl sites for hydroxylation is 1. The van der Waals surface area contributed by atoms with Crippen LogP contribution in [0.25, 0.3) is 0 Å². The fraction of sp³-hybridized carbons (Fsp3) is 0.600. The van der Waals surface area contributed by atoms with E-state index in [9.17, 15) is 9.59 Å². The highest BCUT2D eigenvalue weighted by Crippen LogP contribution is 2.37. The predicted molar refractivity (Wildman–Crippen MR) is 82.2 cm³/mol. The van der Waals surface area contributed by atoms with E-state index in [1.54, 1.807) is 6.92 Å². The molecule has 116 valence electrons. The zero-order valence-corrected chi connectivity index (χ0v) is 13.3. The molecule has 6 heteroatoms. The van der Waals surface area contributed by atoms with E-state index in [-0.39, 0.29) is 5.97 Å². The summed E-state index contributed by atoms with van der Waals surface area (Å²) in [5.41, 5.74) is 1.55. The third-order valence-electron chi connectivity index (χ3n) is 3.55. The fourth-order valence-corrected chi connectivity index (χ4v) is 3.85. The van der Waals surface area contributed by atoms with Crippen molar-refractivity contribution in [2.75, 3.05) is 19.0 Å². The van der Waals surface area contributed by atoms with Crippen molar-refractivity contribution in [1.29, 1.82) is 0 Å². The first kappa shape index (κ1) is 15.8. The van der Waals surface area contributed by atoms with Crippen molar-refractivity contribution in [1.82, 2.24) is 0 Å². The predicted octanol–water partition coefficient (Wildman–Crippen LogP) is 3.76. The van der Waals surface area contributed by atoms with E-state index >= 15 is 0 Å². The van der Waals surface area contributed by atoms with Gasteiger partial charge in [-0.05, 0) is 38.2 Å². The zero-order chi connectivity index (χ0) is 15.2. The van der Waals surface area contributed by atoms with Crippen molar-refractivity contribution in [3.63, 3.8) is 0 Å². The van der Waals surface area contributed by atoms with Crippen LogP contribution in [0.15, 0.2) is 0 Å². The van der Waals surface area contributed by atoms with E-state index < -0.39 is 6.09 Å². The van der Waals surface area contributed by atoms with E-state index in [0.717, 1.165) is 31.2 Å². The molecule has 0 fully saturated rings. The van der Waals surface area contributed by atoms with E-state index in [2.05, 4.69) is 5.32 Å². The Balaban J connectivity index is 2.35. The van der Waals surface area contributed by atoms with Crippen molar-refractivity contribution in [3.05, 3.63) is 16.0 Å². The van der Waals surface area contributed by atoms with Crippen molar-refractivity contribution in [2.45, 2.75) is 45.4 Å². The number of thiophene rings is 1. The summed E-state index contributed by atoms with van der Waals surface area (Å²) in [5, 5.41) is 3.23. The number of hydrogen-bond donors (Lipinski definition) is 1. The van der Waals surface area contributed by atoms with Gasteiger partial charge in [0, 0.05) is 4.88 Å². The molecule has 0 aliphatic heterocycles. The van der Waals surface area contributed by atoms with Gasteiger partial charge in [-0.3, -0.25) is 5.32 Å². The van der Waals surface area contributed by atoms with E-state index in [1.165, 1.54) is 36.2 Å². The number of amides is 1. The molecule has 1 heterocycles. The standard InChI is InChI=1S/C15H21NO4S/c1-3-20-15(18)16-13-12(14(17)19-2)10-8-6-4-5-7-9-11(10)21-13/h3-9H2,1-2H3,(H,16,18). The van der Waals surface area contributed by atoms with Gasteiger partial charge in [-0.1, -0.05) is 12.8 Å². The van der Waals surface area contributed by atoms with Gasteiger partial charge in [0.05, 0.1) is 19.3 Å². The number of anilines is 1. The molecule has 0 saturated carbocycles. The maximum absolute atomic E-state index is 12.1. The van der Waals surface area contributed by atoms with Gasteiger partial charge in [0.1, 0.15) is 5.00 Å². The first-order valence-corrected chi connectivity index (χ1v) is 8.15. The van der Waals surface area contributed by atoms with Crippen LogP contribution in [0.4, 0.5) is 9.80 Å². The van der Waals surface area contributed by atoms with Gasteiger partial charge in [0.25, 0.3) is 0 Å². The lowest BCUT2D eigenvalue weighted by Gasteiger charge is -2.10. The van der Waals surface area contributed by atoms with Crippen molar-refractivity contribution < 1.29 is 19.1 Å². The van der Waals surface area contributed by atoms with Gasteiger partial charge in [0.15, 0.2) is 0 Å². The molecule has 1 aliphatic carbocycles. The number of carbonyl (C=O) groups is 2. The van der Waals surface area contributed by atoms with Crippen molar-refractivity contribution in [2.24, 2.45) is 0 Å². The zero-order valence-electron chi connectivity index (χ0n) is 12.5. The number of rotatable bonds is 3. The lowest BCUT2D eigenvalue weighted by Crippen LogP contribution is -2.15. The molecule has 1 aromatic rings. The summed E-state index contributed by atoms with van der Waals surface area (Å²) in [5.74, 6) is -0.389. The molecule has 0 atom stereocenters. The second kappa shape index (κ2) is 7.45. The topological polar surface area (TPSA) is 64.6 Å². The van der Waals surface area contributed by atoms with Crippen LogP contribution in [0, 0.1) is 0 Å². The van der Waals surface area contributed by atoms with Crippen molar-refractivity contribution >= 4 is 28.4 Å². The van der Waals surface area contributed by atoms with Crippen LogP contribution in [0.1, 0.15) is 53.4 Å². The van der Waals surface area contributed by atoms with Gasteiger partial charge in [-0.15, -0.1) is 11.3 Å². The van der Waals surface area contributed by atoms with Gasteiger partial charge in [-0.25, -0.2) is 9.59 Å². The van der Waals surface area contributed by atoms with Gasteiger partial charge in [-0.2, -0.15) is 0 Å². The molecule has 1 aliphatic rings. The molecular formula is C15H21NO4S. The molecule has 1 amide bonds. The van der Waals surface area contributed by atoms with Crippen LogP contribution >= 0.6 is 11.3 Å². The Bertz CT molecular complexity index is 524. The second-order valence-corrected chi connectivity index (χ2v) is 6.06. The number of methoxy groups -OCH3 is 1. The Kier molecular flexibility index (Phi) is 5.61. The van der Waals surface area contributed by atoms with Gasteiger partial charge >= 0.3 is 12.1 Å². The molecule has 2 rings (SSSR count). The highest BCUT2D eigenvalue weighted by Gasteiger charge is 2.25. The van der Waals surface area contributed by atoms with E-state index in [0.29, 0.717) is 17.2 Å². The SMILES string of the molecule is CCOC(=O)Nc1sc2c(c1C(=O)OC)CCCCCC2. The minimum atomic E-state index is -0.531. The summed E-state index contributed by atoms with van der Waals surface area (Å²) in [4.78, 5) is 24.9. The maximum Gasteiger partial charge on any atom is 0.412 e. The third kappa shape index (κ3) is 3.75. The fourth-order valence-electron chi connectivity index (χ4n) is 2.59. The smallest absolute Gasteiger partial charge is 0.412 e. The molecule has 0 aromatic carbocycles. The molecule has 0 saturated heterocycles. The minimum Gasteiger partial charge on any atom is -0.465 e.